The van der Waals surface area contributed by atoms with E-state index in [1.807, 2.05) is 0 Å². The Bertz CT molecular complexity index is 998. The molecule has 0 aliphatic rings. The van der Waals surface area contributed by atoms with Gasteiger partial charge >= 0.3 is 11.6 Å². The molecular formula is C14H9NO6. The third kappa shape index (κ3) is 1.86. The van der Waals surface area contributed by atoms with Crippen molar-refractivity contribution in [3.63, 3.8) is 0 Å². The van der Waals surface area contributed by atoms with Crippen LogP contribution in [-0.2, 0) is 0 Å². The number of carboxylic acids is 1. The first-order valence-electron chi connectivity index (χ1n) is 5.92. The van der Waals surface area contributed by atoms with Crippen molar-refractivity contribution >= 4 is 27.8 Å². The molecular weight excluding hydrogens is 278 g/mol. The number of carboxylic acid groups (broad SMARTS) is 1. The zero-order chi connectivity index (χ0) is 15.1. The summed E-state index contributed by atoms with van der Waals surface area (Å²) in [4.78, 5) is 37.8. The summed E-state index contributed by atoms with van der Waals surface area (Å²) in [6, 6.07) is 4.58. The van der Waals surface area contributed by atoms with Crippen LogP contribution in [0.5, 0.6) is 5.75 Å². The Morgan fingerprint density at radius 3 is 2.76 bits per heavy atom. The summed E-state index contributed by atoms with van der Waals surface area (Å²) in [6.07, 6.45) is 0.982. The number of nitrogens with one attached hydrogen (secondary N) is 1. The van der Waals surface area contributed by atoms with E-state index < -0.39 is 22.6 Å². The number of ether oxygens (including phenoxy) is 1. The van der Waals surface area contributed by atoms with Crippen LogP contribution in [0.15, 0.2) is 38.4 Å². The summed E-state index contributed by atoms with van der Waals surface area (Å²) >= 11 is 0. The average molecular weight is 287 g/mol. The number of aromatic nitrogens is 1. The first-order chi connectivity index (χ1) is 10.0. The van der Waals surface area contributed by atoms with Crippen LogP contribution in [0, 0.1) is 0 Å². The molecule has 7 nitrogen and oxygen atoms in total. The summed E-state index contributed by atoms with van der Waals surface area (Å²) in [5.74, 6) is -0.916. The highest BCUT2D eigenvalue weighted by molar-refractivity contribution is 6.05. The molecule has 106 valence electrons. The summed E-state index contributed by atoms with van der Waals surface area (Å²) < 4.78 is 10.2. The lowest BCUT2D eigenvalue weighted by Gasteiger charge is -2.05. The molecule has 0 fully saturated rings. The van der Waals surface area contributed by atoms with Gasteiger partial charge in [-0.3, -0.25) is 4.79 Å². The van der Waals surface area contributed by atoms with Crippen LogP contribution in [0.4, 0.5) is 0 Å². The fourth-order valence-corrected chi connectivity index (χ4v) is 2.18. The Morgan fingerprint density at radius 1 is 1.33 bits per heavy atom. The number of fused-ring (bicyclic) bond motifs is 3. The third-order valence-corrected chi connectivity index (χ3v) is 3.18. The number of hydrogen-bond acceptors (Lipinski definition) is 5. The lowest BCUT2D eigenvalue weighted by molar-refractivity contribution is 0.0695. The highest BCUT2D eigenvalue weighted by Gasteiger charge is 2.17. The second-order valence-corrected chi connectivity index (χ2v) is 4.34. The number of H-pyrrole nitrogens is 1. The normalized spacial score (nSPS) is 10.9. The molecule has 7 heteroatoms. The lowest BCUT2D eigenvalue weighted by atomic mass is 10.1. The Labute approximate surface area is 116 Å². The fourth-order valence-electron chi connectivity index (χ4n) is 2.18. The monoisotopic (exact) mass is 287 g/mol. The number of hydrogen-bond donors (Lipinski definition) is 2. The van der Waals surface area contributed by atoms with E-state index in [1.54, 1.807) is 6.07 Å². The second kappa shape index (κ2) is 4.48. The van der Waals surface area contributed by atoms with Crippen molar-refractivity contribution in [2.45, 2.75) is 0 Å². The molecule has 0 saturated carbocycles. The van der Waals surface area contributed by atoms with Gasteiger partial charge in [-0.15, -0.1) is 0 Å². The molecule has 0 saturated heterocycles. The van der Waals surface area contributed by atoms with Gasteiger partial charge in [0, 0.05) is 11.6 Å². The van der Waals surface area contributed by atoms with Crippen LogP contribution in [0.1, 0.15) is 10.4 Å². The van der Waals surface area contributed by atoms with Crippen molar-refractivity contribution in [1.29, 1.82) is 0 Å². The molecule has 2 aromatic heterocycles. The van der Waals surface area contributed by atoms with Gasteiger partial charge < -0.3 is 19.2 Å². The Hall–Kier alpha value is -3.09. The highest BCUT2D eigenvalue weighted by Crippen LogP contribution is 2.24. The smallest absolute Gasteiger partial charge is 0.360 e. The molecule has 21 heavy (non-hydrogen) atoms. The second-order valence-electron chi connectivity index (χ2n) is 4.34. The highest BCUT2D eigenvalue weighted by atomic mass is 16.5. The zero-order valence-corrected chi connectivity index (χ0v) is 10.8. The Balaban J connectivity index is 2.62. The van der Waals surface area contributed by atoms with E-state index in [0.717, 1.165) is 6.20 Å². The predicted molar refractivity (Wildman–Crippen MR) is 74.1 cm³/mol. The Kier molecular flexibility index (Phi) is 2.76. The van der Waals surface area contributed by atoms with Crippen LogP contribution >= 0.6 is 0 Å². The van der Waals surface area contributed by atoms with Crippen LogP contribution in [0.25, 0.3) is 21.9 Å². The quantitative estimate of drug-likeness (QED) is 0.543. The molecule has 0 unspecified atom stereocenters. The van der Waals surface area contributed by atoms with Crippen molar-refractivity contribution in [2.24, 2.45) is 0 Å². The van der Waals surface area contributed by atoms with Crippen LogP contribution < -0.4 is 15.8 Å². The molecule has 0 spiro atoms. The number of aromatic carboxylic acids is 1. The van der Waals surface area contributed by atoms with Crippen LogP contribution in [0.3, 0.4) is 0 Å². The van der Waals surface area contributed by atoms with E-state index in [-0.39, 0.29) is 16.5 Å². The molecule has 0 radical (unpaired) electrons. The van der Waals surface area contributed by atoms with E-state index in [0.29, 0.717) is 11.1 Å². The molecule has 0 atom stereocenters. The van der Waals surface area contributed by atoms with Gasteiger partial charge in [0.15, 0.2) is 0 Å². The Morgan fingerprint density at radius 2 is 2.10 bits per heavy atom. The van der Waals surface area contributed by atoms with E-state index in [4.69, 9.17) is 14.3 Å². The van der Waals surface area contributed by atoms with Crippen LogP contribution in [-0.4, -0.2) is 23.2 Å². The molecule has 0 amide bonds. The molecule has 2 heterocycles. The number of methoxy groups -OCH3 is 1. The summed E-state index contributed by atoms with van der Waals surface area (Å²) in [5.41, 5.74) is -1.83. The number of rotatable bonds is 2. The van der Waals surface area contributed by atoms with Gasteiger partial charge in [0.1, 0.15) is 22.4 Å². The van der Waals surface area contributed by atoms with Gasteiger partial charge in [0.25, 0.3) is 0 Å². The predicted octanol–water partition coefficient (Wildman–Crippen LogP) is 1.34. The van der Waals surface area contributed by atoms with E-state index >= 15 is 0 Å². The summed E-state index contributed by atoms with van der Waals surface area (Å²) in [7, 11) is 1.45. The van der Waals surface area contributed by atoms with Crippen molar-refractivity contribution in [3.05, 3.63) is 50.6 Å². The minimum Gasteiger partial charge on any atom is -0.497 e. The molecule has 2 N–H and O–H groups in total. The maximum absolute atomic E-state index is 12.3. The van der Waals surface area contributed by atoms with Gasteiger partial charge in [-0.05, 0) is 18.2 Å². The molecule has 3 aromatic rings. The van der Waals surface area contributed by atoms with Crippen molar-refractivity contribution in [1.82, 2.24) is 4.98 Å². The van der Waals surface area contributed by atoms with Gasteiger partial charge in [0.2, 0.25) is 5.43 Å². The molecule has 0 aliphatic carbocycles. The van der Waals surface area contributed by atoms with E-state index in [2.05, 4.69) is 4.98 Å². The van der Waals surface area contributed by atoms with Gasteiger partial charge in [-0.2, -0.15) is 0 Å². The first-order valence-corrected chi connectivity index (χ1v) is 5.92. The summed E-state index contributed by atoms with van der Waals surface area (Å²) in [5, 5.41) is 9.31. The van der Waals surface area contributed by atoms with Crippen LogP contribution in [0.2, 0.25) is 0 Å². The number of carbonyl (C=O) groups is 1. The number of pyridine rings is 1. The maximum Gasteiger partial charge on any atom is 0.360 e. The molecule has 3 rings (SSSR count). The minimum atomic E-state index is -1.37. The van der Waals surface area contributed by atoms with Gasteiger partial charge in [0.05, 0.1) is 12.5 Å². The first kappa shape index (κ1) is 12.9. The fraction of sp³-hybridized carbons (Fsp3) is 0.0714. The molecule has 1 aromatic carbocycles. The lowest BCUT2D eigenvalue weighted by Crippen LogP contribution is -2.18. The van der Waals surface area contributed by atoms with E-state index in [1.165, 1.54) is 19.2 Å². The van der Waals surface area contributed by atoms with Crippen molar-refractivity contribution in [3.8, 4) is 5.75 Å². The average Bonchev–Trinajstić information content (AvgIpc) is 2.47. The maximum atomic E-state index is 12.3. The molecule has 0 bridgehead atoms. The molecule has 0 aliphatic heterocycles. The number of aromatic amines is 1. The van der Waals surface area contributed by atoms with E-state index in [9.17, 15) is 14.4 Å². The zero-order valence-electron chi connectivity index (χ0n) is 10.8. The number of benzene rings is 1. The topological polar surface area (TPSA) is 110 Å². The van der Waals surface area contributed by atoms with Crippen molar-refractivity contribution in [2.75, 3.05) is 7.11 Å². The standard InChI is InChI=1S/C14H9NO6/c1-20-6-2-3-9-7(4-6)10-11(14(19)21-9)15-5-8(12(10)16)13(17)18/h2-5H,1H3,(H,15,16)(H,17,18). The minimum absolute atomic E-state index is 0.0277. The summed E-state index contributed by atoms with van der Waals surface area (Å²) in [6.45, 7) is 0. The van der Waals surface area contributed by atoms with Gasteiger partial charge in [-0.1, -0.05) is 0 Å². The van der Waals surface area contributed by atoms with Crippen molar-refractivity contribution < 1.29 is 19.1 Å². The van der Waals surface area contributed by atoms with Gasteiger partial charge in [-0.25, -0.2) is 9.59 Å². The largest absolute Gasteiger partial charge is 0.497 e. The SMILES string of the molecule is COc1ccc2oc(=O)c3[nH]cc(C(=O)O)c(=O)c3c2c1. The third-order valence-electron chi connectivity index (χ3n) is 3.18.